The summed E-state index contributed by atoms with van der Waals surface area (Å²) in [6.45, 7) is 2.59. The molecule has 2 aliphatic rings. The fourth-order valence-electron chi connectivity index (χ4n) is 4.52. The van der Waals surface area contributed by atoms with Crippen molar-refractivity contribution >= 4 is 11.8 Å². The first kappa shape index (κ1) is 19.6. The van der Waals surface area contributed by atoms with Gasteiger partial charge >= 0.3 is 0 Å². The molecule has 0 saturated carbocycles. The van der Waals surface area contributed by atoms with Gasteiger partial charge in [-0.1, -0.05) is 30.3 Å². The number of pyridine rings is 1. The monoisotopic (exact) mass is 393 g/mol. The van der Waals surface area contributed by atoms with Crippen LogP contribution in [0.4, 0.5) is 0 Å². The van der Waals surface area contributed by atoms with Gasteiger partial charge in [-0.05, 0) is 47.9 Å². The highest BCUT2D eigenvalue weighted by Crippen LogP contribution is 2.41. The Hall–Kier alpha value is -2.73. The molecule has 3 heterocycles. The minimum atomic E-state index is -1.11. The lowest BCUT2D eigenvalue weighted by Crippen LogP contribution is -2.52. The molecule has 2 fully saturated rings. The van der Waals surface area contributed by atoms with Crippen molar-refractivity contribution in [2.75, 3.05) is 19.6 Å². The number of rotatable bonds is 4. The first-order valence-corrected chi connectivity index (χ1v) is 10.2. The fourth-order valence-corrected chi connectivity index (χ4v) is 4.52. The van der Waals surface area contributed by atoms with E-state index in [9.17, 15) is 14.7 Å². The average Bonchev–Trinajstić information content (AvgIpc) is 2.77. The van der Waals surface area contributed by atoms with Gasteiger partial charge in [0.2, 0.25) is 5.91 Å². The molecule has 6 heteroatoms. The Balaban J connectivity index is 1.37. The van der Waals surface area contributed by atoms with Crippen molar-refractivity contribution in [1.29, 1.82) is 0 Å². The SMILES string of the molecule is O=C1CCC2(CCN(C(=O)C(O)c3ccccc3)CC2)CN1Cc1ccncc1. The van der Waals surface area contributed by atoms with Crippen LogP contribution >= 0.6 is 0 Å². The number of aromatic nitrogens is 1. The first-order chi connectivity index (χ1) is 14.1. The summed E-state index contributed by atoms with van der Waals surface area (Å²) in [6, 6.07) is 13.0. The quantitative estimate of drug-likeness (QED) is 0.866. The minimum absolute atomic E-state index is 0.0649. The Kier molecular flexibility index (Phi) is 5.62. The second-order valence-electron chi connectivity index (χ2n) is 8.24. The van der Waals surface area contributed by atoms with E-state index in [1.165, 1.54) is 0 Å². The number of carbonyl (C=O) groups is 2. The minimum Gasteiger partial charge on any atom is -0.378 e. The molecular weight excluding hydrogens is 366 g/mol. The highest BCUT2D eigenvalue weighted by atomic mass is 16.3. The lowest BCUT2D eigenvalue weighted by Gasteiger charge is -2.47. The van der Waals surface area contributed by atoms with Crippen molar-refractivity contribution in [3.05, 3.63) is 66.0 Å². The van der Waals surface area contributed by atoms with Crippen LogP contribution in [0, 0.1) is 5.41 Å². The lowest BCUT2D eigenvalue weighted by molar-refractivity contribution is -0.147. The molecule has 2 aromatic rings. The predicted molar refractivity (Wildman–Crippen MR) is 109 cm³/mol. The molecule has 2 amide bonds. The van der Waals surface area contributed by atoms with Crippen molar-refractivity contribution in [2.24, 2.45) is 5.41 Å². The number of hydrogen-bond acceptors (Lipinski definition) is 4. The molecule has 0 radical (unpaired) electrons. The van der Waals surface area contributed by atoms with E-state index in [-0.39, 0.29) is 17.2 Å². The van der Waals surface area contributed by atoms with E-state index in [4.69, 9.17) is 0 Å². The Morgan fingerprint density at radius 1 is 1.07 bits per heavy atom. The van der Waals surface area contributed by atoms with E-state index in [0.717, 1.165) is 31.4 Å². The molecule has 1 spiro atoms. The van der Waals surface area contributed by atoms with Crippen molar-refractivity contribution in [1.82, 2.24) is 14.8 Å². The van der Waals surface area contributed by atoms with Gasteiger partial charge in [0.05, 0.1) is 0 Å². The summed E-state index contributed by atoms with van der Waals surface area (Å²) in [7, 11) is 0. The number of aliphatic hydroxyl groups is 1. The van der Waals surface area contributed by atoms with Crippen LogP contribution in [0.1, 0.15) is 42.9 Å². The third-order valence-corrected chi connectivity index (χ3v) is 6.36. The van der Waals surface area contributed by atoms with Gasteiger partial charge in [-0.15, -0.1) is 0 Å². The van der Waals surface area contributed by atoms with Gasteiger partial charge in [-0.2, -0.15) is 0 Å². The van der Waals surface area contributed by atoms with Crippen LogP contribution in [0.2, 0.25) is 0 Å². The maximum Gasteiger partial charge on any atom is 0.256 e. The second kappa shape index (κ2) is 8.33. The Bertz CT molecular complexity index is 848. The number of hydrogen-bond donors (Lipinski definition) is 1. The molecule has 1 N–H and O–H groups in total. The zero-order valence-corrected chi connectivity index (χ0v) is 16.5. The molecule has 2 saturated heterocycles. The summed E-state index contributed by atoms with van der Waals surface area (Å²) in [6.07, 6.45) is 5.55. The fraction of sp³-hybridized carbons (Fsp3) is 0.435. The van der Waals surface area contributed by atoms with Crippen molar-refractivity contribution in [3.8, 4) is 0 Å². The largest absolute Gasteiger partial charge is 0.378 e. The van der Waals surface area contributed by atoms with Crippen LogP contribution in [0.25, 0.3) is 0 Å². The van der Waals surface area contributed by atoms with E-state index >= 15 is 0 Å². The van der Waals surface area contributed by atoms with Crippen LogP contribution in [0.15, 0.2) is 54.9 Å². The van der Waals surface area contributed by atoms with Crippen molar-refractivity contribution < 1.29 is 14.7 Å². The molecular formula is C23H27N3O3. The van der Waals surface area contributed by atoms with Gasteiger partial charge < -0.3 is 14.9 Å². The smallest absolute Gasteiger partial charge is 0.256 e. The van der Waals surface area contributed by atoms with Gasteiger partial charge in [0, 0.05) is 45.0 Å². The summed E-state index contributed by atoms with van der Waals surface area (Å²) in [4.78, 5) is 33.0. The maximum absolute atomic E-state index is 12.7. The molecule has 0 aliphatic carbocycles. The summed E-state index contributed by atoms with van der Waals surface area (Å²) in [5.74, 6) is -0.0305. The molecule has 0 bridgehead atoms. The predicted octanol–water partition coefficient (Wildman–Crippen LogP) is 2.55. The summed E-state index contributed by atoms with van der Waals surface area (Å²) in [5.41, 5.74) is 1.78. The van der Waals surface area contributed by atoms with Gasteiger partial charge in [-0.25, -0.2) is 0 Å². The Morgan fingerprint density at radius 2 is 1.76 bits per heavy atom. The van der Waals surface area contributed by atoms with Crippen LogP contribution < -0.4 is 0 Å². The van der Waals surface area contributed by atoms with E-state index in [1.54, 1.807) is 29.4 Å². The topological polar surface area (TPSA) is 73.7 Å². The number of carbonyl (C=O) groups excluding carboxylic acids is 2. The van der Waals surface area contributed by atoms with Gasteiger partial charge in [0.25, 0.3) is 5.91 Å². The van der Waals surface area contributed by atoms with E-state index in [0.29, 0.717) is 31.6 Å². The number of piperidine rings is 2. The van der Waals surface area contributed by atoms with Gasteiger partial charge in [0.15, 0.2) is 6.10 Å². The highest BCUT2D eigenvalue weighted by Gasteiger charge is 2.42. The molecule has 1 atom stereocenters. The van der Waals surface area contributed by atoms with Crippen LogP contribution in [0.5, 0.6) is 0 Å². The number of aliphatic hydroxyl groups excluding tert-OH is 1. The Labute approximate surface area is 171 Å². The zero-order valence-electron chi connectivity index (χ0n) is 16.5. The molecule has 1 aromatic heterocycles. The number of amides is 2. The molecule has 152 valence electrons. The number of likely N-dealkylation sites (tertiary alicyclic amines) is 2. The van der Waals surface area contributed by atoms with Crippen molar-refractivity contribution in [3.63, 3.8) is 0 Å². The molecule has 6 nitrogen and oxygen atoms in total. The molecule has 1 unspecified atom stereocenters. The molecule has 1 aromatic carbocycles. The molecule has 4 rings (SSSR count). The normalized spacial score (nSPS) is 20.0. The number of nitrogens with zero attached hydrogens (tertiary/aromatic N) is 3. The summed E-state index contributed by atoms with van der Waals surface area (Å²) < 4.78 is 0. The third-order valence-electron chi connectivity index (χ3n) is 6.36. The van der Waals surface area contributed by atoms with Gasteiger partial charge in [-0.3, -0.25) is 14.6 Å². The van der Waals surface area contributed by atoms with E-state index in [2.05, 4.69) is 4.98 Å². The van der Waals surface area contributed by atoms with Crippen LogP contribution in [-0.2, 0) is 16.1 Å². The van der Waals surface area contributed by atoms with Gasteiger partial charge in [0.1, 0.15) is 0 Å². The van der Waals surface area contributed by atoms with Crippen molar-refractivity contribution in [2.45, 2.75) is 38.3 Å². The van der Waals surface area contributed by atoms with Crippen LogP contribution in [0.3, 0.4) is 0 Å². The lowest BCUT2D eigenvalue weighted by atomic mass is 9.72. The highest BCUT2D eigenvalue weighted by molar-refractivity contribution is 5.82. The average molecular weight is 393 g/mol. The standard InChI is InChI=1S/C23H27N3O3/c27-20-6-9-23(17-26(20)16-18-7-12-24-13-8-18)10-14-25(15-11-23)22(29)21(28)19-4-2-1-3-5-19/h1-5,7-8,12-13,21,28H,6,9-11,14-17H2. The van der Waals surface area contributed by atoms with Crippen LogP contribution in [-0.4, -0.2) is 51.3 Å². The summed E-state index contributed by atoms with van der Waals surface area (Å²) >= 11 is 0. The second-order valence-corrected chi connectivity index (χ2v) is 8.24. The molecule has 29 heavy (non-hydrogen) atoms. The third kappa shape index (κ3) is 4.32. The maximum atomic E-state index is 12.7. The zero-order chi connectivity index (χ0) is 20.3. The first-order valence-electron chi connectivity index (χ1n) is 10.2. The van der Waals surface area contributed by atoms with E-state index < -0.39 is 6.10 Å². The summed E-state index contributed by atoms with van der Waals surface area (Å²) in [5, 5.41) is 10.4. The van der Waals surface area contributed by atoms with E-state index in [1.807, 2.05) is 35.2 Å². The molecule has 2 aliphatic heterocycles. The number of benzene rings is 1. The Morgan fingerprint density at radius 3 is 2.45 bits per heavy atom.